The summed E-state index contributed by atoms with van der Waals surface area (Å²) in [6.45, 7) is 0. The van der Waals surface area contributed by atoms with Crippen LogP contribution in [-0.2, 0) is 5.75 Å². The molecule has 1 aromatic carbocycles. The Labute approximate surface area is 161 Å². The molecule has 1 aliphatic rings. The summed E-state index contributed by atoms with van der Waals surface area (Å²) >= 11 is 3.19. The van der Waals surface area contributed by atoms with E-state index in [-0.39, 0.29) is 0 Å². The summed E-state index contributed by atoms with van der Waals surface area (Å²) in [4.78, 5) is 4.72. The third kappa shape index (κ3) is 4.10. The molecule has 0 N–H and O–H groups in total. The molecule has 7 heteroatoms. The largest absolute Gasteiger partial charge is 0.497 e. The minimum absolute atomic E-state index is 0.449. The summed E-state index contributed by atoms with van der Waals surface area (Å²) in [6, 6.07) is 7.97. The van der Waals surface area contributed by atoms with Gasteiger partial charge in [0.15, 0.2) is 0 Å². The maximum Gasteiger partial charge on any atom is 0.276 e. The minimum Gasteiger partial charge on any atom is -0.497 e. The number of hydrogen-bond donors (Lipinski definition) is 0. The molecule has 0 amide bonds. The molecule has 2 aromatic heterocycles. The standard InChI is InChI=1S/C19H21N3O2S2/c1-23-16-9-5-8-14(10-16)18-20-15(11-25-18)12-26-19-22-21-17(24-19)13-6-3-2-4-7-13/h5,8-11,13H,2-4,6-7,12H2,1H3. The molecular formula is C19H21N3O2S2. The smallest absolute Gasteiger partial charge is 0.276 e. The number of thioether (sulfide) groups is 1. The summed E-state index contributed by atoms with van der Waals surface area (Å²) in [5, 5.41) is 12.2. The van der Waals surface area contributed by atoms with E-state index >= 15 is 0 Å². The van der Waals surface area contributed by atoms with Crippen LogP contribution >= 0.6 is 23.1 Å². The van der Waals surface area contributed by atoms with Crippen LogP contribution in [0.5, 0.6) is 5.75 Å². The second-order valence-corrected chi connectivity index (χ2v) is 8.19. The van der Waals surface area contributed by atoms with Crippen molar-refractivity contribution in [2.45, 2.75) is 49.0 Å². The Morgan fingerprint density at radius 2 is 2.12 bits per heavy atom. The van der Waals surface area contributed by atoms with Gasteiger partial charge in [-0.05, 0) is 25.0 Å². The molecule has 0 bridgehead atoms. The van der Waals surface area contributed by atoms with Gasteiger partial charge in [-0.2, -0.15) is 0 Å². The van der Waals surface area contributed by atoms with Gasteiger partial charge in [-0.25, -0.2) is 4.98 Å². The van der Waals surface area contributed by atoms with Crippen LogP contribution in [0, 0.1) is 0 Å². The molecule has 3 aromatic rings. The Bertz CT molecular complexity index is 856. The van der Waals surface area contributed by atoms with Gasteiger partial charge in [0, 0.05) is 22.6 Å². The maximum absolute atomic E-state index is 5.87. The first-order valence-electron chi connectivity index (χ1n) is 8.87. The summed E-state index contributed by atoms with van der Waals surface area (Å²) in [6.07, 6.45) is 6.19. The van der Waals surface area contributed by atoms with Crippen molar-refractivity contribution >= 4 is 23.1 Å². The Kier molecular flexibility index (Phi) is 5.55. The van der Waals surface area contributed by atoms with Crippen LogP contribution < -0.4 is 4.74 Å². The number of aromatic nitrogens is 3. The number of thiazole rings is 1. The number of benzene rings is 1. The predicted octanol–water partition coefficient (Wildman–Crippen LogP) is 5.54. The molecule has 0 spiro atoms. The van der Waals surface area contributed by atoms with Crippen LogP contribution in [0.3, 0.4) is 0 Å². The molecular weight excluding hydrogens is 366 g/mol. The Hall–Kier alpha value is -1.86. The molecule has 1 aliphatic carbocycles. The Morgan fingerprint density at radius 3 is 2.96 bits per heavy atom. The van der Waals surface area contributed by atoms with E-state index in [1.165, 1.54) is 32.1 Å². The average Bonchev–Trinajstić information content (AvgIpc) is 3.37. The van der Waals surface area contributed by atoms with Crippen molar-refractivity contribution in [2.24, 2.45) is 0 Å². The highest BCUT2D eigenvalue weighted by atomic mass is 32.2. The molecule has 0 aliphatic heterocycles. The second-order valence-electron chi connectivity index (χ2n) is 6.41. The zero-order valence-electron chi connectivity index (χ0n) is 14.7. The first-order chi connectivity index (χ1) is 12.8. The van der Waals surface area contributed by atoms with Gasteiger partial charge in [-0.15, -0.1) is 21.5 Å². The van der Waals surface area contributed by atoms with Crippen LogP contribution in [0.15, 0.2) is 39.3 Å². The van der Waals surface area contributed by atoms with E-state index in [1.54, 1.807) is 30.2 Å². The minimum atomic E-state index is 0.449. The number of methoxy groups -OCH3 is 1. The number of nitrogens with zero attached hydrogens (tertiary/aromatic N) is 3. The van der Waals surface area contributed by atoms with Gasteiger partial charge >= 0.3 is 0 Å². The van der Waals surface area contributed by atoms with Crippen LogP contribution in [0.25, 0.3) is 10.6 Å². The molecule has 0 saturated heterocycles. The van der Waals surface area contributed by atoms with Crippen molar-refractivity contribution in [1.82, 2.24) is 15.2 Å². The quantitative estimate of drug-likeness (QED) is 0.517. The van der Waals surface area contributed by atoms with E-state index < -0.39 is 0 Å². The van der Waals surface area contributed by atoms with Gasteiger partial charge in [0.2, 0.25) is 5.89 Å². The van der Waals surface area contributed by atoms with Gasteiger partial charge in [0.05, 0.1) is 12.8 Å². The van der Waals surface area contributed by atoms with E-state index in [4.69, 9.17) is 14.1 Å². The molecule has 0 radical (unpaired) electrons. The second kappa shape index (κ2) is 8.22. The van der Waals surface area contributed by atoms with Crippen LogP contribution in [-0.4, -0.2) is 22.3 Å². The highest BCUT2D eigenvalue weighted by molar-refractivity contribution is 7.98. The van der Waals surface area contributed by atoms with E-state index in [1.807, 2.05) is 24.3 Å². The molecule has 4 rings (SSSR count). The molecule has 0 unspecified atom stereocenters. The molecule has 1 saturated carbocycles. The van der Waals surface area contributed by atoms with Crippen molar-refractivity contribution in [1.29, 1.82) is 0 Å². The molecule has 2 heterocycles. The number of hydrogen-bond acceptors (Lipinski definition) is 7. The highest BCUT2D eigenvalue weighted by Crippen LogP contribution is 2.34. The van der Waals surface area contributed by atoms with Crippen molar-refractivity contribution < 1.29 is 9.15 Å². The van der Waals surface area contributed by atoms with E-state index in [9.17, 15) is 0 Å². The third-order valence-corrected chi connectivity index (χ3v) is 6.38. The highest BCUT2D eigenvalue weighted by Gasteiger charge is 2.21. The fourth-order valence-electron chi connectivity index (χ4n) is 3.19. The van der Waals surface area contributed by atoms with E-state index in [0.717, 1.165) is 33.7 Å². The van der Waals surface area contributed by atoms with Gasteiger partial charge < -0.3 is 9.15 Å². The van der Waals surface area contributed by atoms with Gasteiger partial charge in [0.1, 0.15) is 10.8 Å². The van der Waals surface area contributed by atoms with Crippen LogP contribution in [0.2, 0.25) is 0 Å². The van der Waals surface area contributed by atoms with Crippen LogP contribution in [0.1, 0.15) is 49.6 Å². The fourth-order valence-corrected chi connectivity index (χ4v) is 4.78. The lowest BCUT2D eigenvalue weighted by molar-refractivity contribution is 0.334. The topological polar surface area (TPSA) is 61.0 Å². The van der Waals surface area contributed by atoms with E-state index in [0.29, 0.717) is 11.1 Å². The Balaban J connectivity index is 1.38. The van der Waals surface area contributed by atoms with Crippen LogP contribution in [0.4, 0.5) is 0 Å². The van der Waals surface area contributed by atoms with Crippen molar-refractivity contribution in [3.05, 3.63) is 41.2 Å². The maximum atomic E-state index is 5.87. The van der Waals surface area contributed by atoms with Crippen molar-refractivity contribution in [3.8, 4) is 16.3 Å². The summed E-state index contributed by atoms with van der Waals surface area (Å²) in [5.74, 6) is 2.83. The Morgan fingerprint density at radius 1 is 1.23 bits per heavy atom. The van der Waals surface area contributed by atoms with Gasteiger partial charge in [0.25, 0.3) is 5.22 Å². The fraction of sp³-hybridized carbons (Fsp3) is 0.421. The lowest BCUT2D eigenvalue weighted by Gasteiger charge is -2.17. The molecule has 5 nitrogen and oxygen atoms in total. The molecule has 136 valence electrons. The van der Waals surface area contributed by atoms with Crippen molar-refractivity contribution in [3.63, 3.8) is 0 Å². The predicted molar refractivity (Wildman–Crippen MR) is 104 cm³/mol. The molecule has 1 fully saturated rings. The van der Waals surface area contributed by atoms with E-state index in [2.05, 4.69) is 15.6 Å². The van der Waals surface area contributed by atoms with Gasteiger partial charge in [-0.3, -0.25) is 0 Å². The molecule has 0 atom stereocenters. The normalized spacial score (nSPS) is 15.3. The van der Waals surface area contributed by atoms with Crippen molar-refractivity contribution in [2.75, 3.05) is 7.11 Å². The number of ether oxygens (including phenoxy) is 1. The molecule has 26 heavy (non-hydrogen) atoms. The monoisotopic (exact) mass is 387 g/mol. The summed E-state index contributed by atoms with van der Waals surface area (Å²) in [7, 11) is 1.68. The first-order valence-corrected chi connectivity index (χ1v) is 10.7. The summed E-state index contributed by atoms with van der Waals surface area (Å²) in [5.41, 5.74) is 2.10. The first kappa shape index (κ1) is 17.5. The lowest BCUT2D eigenvalue weighted by atomic mass is 9.89. The lowest BCUT2D eigenvalue weighted by Crippen LogP contribution is -2.04. The number of rotatable bonds is 6. The zero-order chi connectivity index (χ0) is 17.8. The zero-order valence-corrected chi connectivity index (χ0v) is 16.3. The summed E-state index contributed by atoms with van der Waals surface area (Å²) < 4.78 is 11.2. The third-order valence-electron chi connectivity index (χ3n) is 4.59. The SMILES string of the molecule is COc1cccc(-c2nc(CSc3nnc(C4CCCCC4)o3)cs2)c1. The average molecular weight is 388 g/mol. The van der Waals surface area contributed by atoms with Gasteiger partial charge in [-0.1, -0.05) is 43.2 Å².